The van der Waals surface area contributed by atoms with Crippen LogP contribution in [0.1, 0.15) is 18.2 Å². The summed E-state index contributed by atoms with van der Waals surface area (Å²) < 4.78 is 5.14. The number of ether oxygens (including phenoxy) is 1. The molecule has 76 valence electrons. The minimum Gasteiger partial charge on any atom is -0.481 e. The molecular weight excluding hydrogens is 178 g/mol. The summed E-state index contributed by atoms with van der Waals surface area (Å²) in [4.78, 5) is 8.17. The van der Waals surface area contributed by atoms with Crippen molar-refractivity contribution < 1.29 is 4.74 Å². The second-order valence-electron chi connectivity index (χ2n) is 2.86. The highest BCUT2D eigenvalue weighted by Crippen LogP contribution is 2.20. The molecule has 0 saturated carbocycles. The third-order valence-corrected chi connectivity index (χ3v) is 1.95. The summed E-state index contributed by atoms with van der Waals surface area (Å²) in [6.45, 7) is 5.71. The van der Waals surface area contributed by atoms with Gasteiger partial charge in [0.15, 0.2) is 0 Å². The fourth-order valence-corrected chi connectivity index (χ4v) is 1.34. The third kappa shape index (κ3) is 2.02. The Morgan fingerprint density at radius 3 is 2.71 bits per heavy atom. The van der Waals surface area contributed by atoms with Gasteiger partial charge in [-0.1, -0.05) is 13.0 Å². The van der Waals surface area contributed by atoms with Crippen molar-refractivity contribution in [2.75, 3.05) is 12.8 Å². The molecule has 4 heteroatoms. The van der Waals surface area contributed by atoms with Gasteiger partial charge in [0.25, 0.3) is 0 Å². The van der Waals surface area contributed by atoms with Gasteiger partial charge in [0.2, 0.25) is 11.8 Å². The van der Waals surface area contributed by atoms with Crippen LogP contribution in [0.5, 0.6) is 5.88 Å². The molecule has 0 unspecified atom stereocenters. The standard InChI is InChI=1S/C10H15N3O/c1-4-6-7-8(5-2)12-10(11)13-9(7)14-3/h4H,1,5-6H2,2-3H3,(H2,11,12,13). The van der Waals surface area contributed by atoms with Crippen LogP contribution in [0.15, 0.2) is 12.7 Å². The Hall–Kier alpha value is -1.58. The second-order valence-corrected chi connectivity index (χ2v) is 2.86. The third-order valence-electron chi connectivity index (χ3n) is 1.95. The summed E-state index contributed by atoms with van der Waals surface area (Å²) in [6, 6.07) is 0. The predicted octanol–water partition coefficient (Wildman–Crippen LogP) is 1.36. The van der Waals surface area contributed by atoms with Crippen LogP contribution >= 0.6 is 0 Å². The van der Waals surface area contributed by atoms with Crippen LogP contribution < -0.4 is 10.5 Å². The van der Waals surface area contributed by atoms with E-state index >= 15 is 0 Å². The molecule has 0 fully saturated rings. The van der Waals surface area contributed by atoms with Gasteiger partial charge in [-0.15, -0.1) is 6.58 Å². The highest BCUT2D eigenvalue weighted by Gasteiger charge is 2.10. The van der Waals surface area contributed by atoms with Crippen LogP contribution in [0.25, 0.3) is 0 Å². The van der Waals surface area contributed by atoms with Crippen LogP contribution in [0.2, 0.25) is 0 Å². The smallest absolute Gasteiger partial charge is 0.223 e. The molecule has 2 N–H and O–H groups in total. The van der Waals surface area contributed by atoms with Gasteiger partial charge in [-0.25, -0.2) is 4.98 Å². The van der Waals surface area contributed by atoms with Crippen molar-refractivity contribution >= 4 is 5.95 Å². The van der Waals surface area contributed by atoms with Crippen LogP contribution in [-0.2, 0) is 12.8 Å². The Kier molecular flexibility index (Phi) is 3.45. The van der Waals surface area contributed by atoms with E-state index < -0.39 is 0 Å². The zero-order valence-electron chi connectivity index (χ0n) is 8.58. The minimum atomic E-state index is 0.256. The predicted molar refractivity (Wildman–Crippen MR) is 56.3 cm³/mol. The Morgan fingerprint density at radius 1 is 1.50 bits per heavy atom. The lowest BCUT2D eigenvalue weighted by atomic mass is 10.1. The Bertz CT molecular complexity index is 311. The van der Waals surface area contributed by atoms with Crippen molar-refractivity contribution in [3.05, 3.63) is 23.9 Å². The summed E-state index contributed by atoms with van der Waals surface area (Å²) in [5.41, 5.74) is 7.44. The fraction of sp³-hybridized carbons (Fsp3) is 0.400. The van der Waals surface area contributed by atoms with Crippen molar-refractivity contribution in [2.24, 2.45) is 0 Å². The van der Waals surface area contributed by atoms with E-state index in [1.165, 1.54) is 0 Å². The van der Waals surface area contributed by atoms with Crippen molar-refractivity contribution in [3.8, 4) is 5.88 Å². The van der Waals surface area contributed by atoms with E-state index in [2.05, 4.69) is 16.5 Å². The molecule has 1 aromatic heterocycles. The SMILES string of the molecule is C=CCc1c(CC)nc(N)nc1OC. The van der Waals surface area contributed by atoms with E-state index in [9.17, 15) is 0 Å². The first-order chi connectivity index (χ1) is 6.72. The van der Waals surface area contributed by atoms with E-state index in [0.29, 0.717) is 12.3 Å². The molecule has 0 saturated heterocycles. The normalized spacial score (nSPS) is 9.86. The maximum Gasteiger partial charge on any atom is 0.223 e. The average molecular weight is 193 g/mol. The van der Waals surface area contributed by atoms with Gasteiger partial charge in [0.05, 0.1) is 12.8 Å². The summed E-state index contributed by atoms with van der Waals surface area (Å²) in [7, 11) is 1.58. The number of hydrogen-bond acceptors (Lipinski definition) is 4. The number of nitrogens with two attached hydrogens (primary N) is 1. The molecule has 0 aliphatic carbocycles. The Balaban J connectivity index is 3.24. The first-order valence-electron chi connectivity index (χ1n) is 4.53. The lowest BCUT2D eigenvalue weighted by Crippen LogP contribution is -2.06. The molecule has 1 heterocycles. The maximum atomic E-state index is 5.55. The van der Waals surface area contributed by atoms with E-state index in [1.807, 2.05) is 6.92 Å². The molecule has 0 atom stereocenters. The molecule has 4 nitrogen and oxygen atoms in total. The summed E-state index contributed by atoms with van der Waals surface area (Å²) in [5.74, 6) is 0.806. The topological polar surface area (TPSA) is 61.0 Å². The Labute approximate surface area is 83.8 Å². The summed E-state index contributed by atoms with van der Waals surface area (Å²) in [5, 5.41) is 0. The van der Waals surface area contributed by atoms with Crippen molar-refractivity contribution in [2.45, 2.75) is 19.8 Å². The monoisotopic (exact) mass is 193 g/mol. The van der Waals surface area contributed by atoms with Crippen molar-refractivity contribution in [3.63, 3.8) is 0 Å². The molecular formula is C10H15N3O. The zero-order valence-corrected chi connectivity index (χ0v) is 8.58. The largest absolute Gasteiger partial charge is 0.481 e. The lowest BCUT2D eigenvalue weighted by molar-refractivity contribution is 0.392. The average Bonchev–Trinajstić information content (AvgIpc) is 2.20. The van der Waals surface area contributed by atoms with Crippen molar-refractivity contribution in [1.29, 1.82) is 0 Å². The molecule has 0 bridgehead atoms. The molecule has 0 aromatic carbocycles. The highest BCUT2D eigenvalue weighted by molar-refractivity contribution is 5.37. The van der Waals surface area contributed by atoms with Crippen LogP contribution in [0.3, 0.4) is 0 Å². The number of aromatic nitrogens is 2. The number of nitrogen functional groups attached to an aromatic ring is 1. The van der Waals surface area contributed by atoms with E-state index in [4.69, 9.17) is 10.5 Å². The summed E-state index contributed by atoms with van der Waals surface area (Å²) >= 11 is 0. The number of methoxy groups -OCH3 is 1. The molecule has 0 aliphatic rings. The first kappa shape index (κ1) is 10.5. The van der Waals surface area contributed by atoms with Gasteiger partial charge in [-0.05, 0) is 12.8 Å². The number of nitrogens with zero attached hydrogens (tertiary/aromatic N) is 2. The zero-order chi connectivity index (χ0) is 10.6. The van der Waals surface area contributed by atoms with Gasteiger partial charge in [0, 0.05) is 5.56 Å². The van der Waals surface area contributed by atoms with E-state index in [-0.39, 0.29) is 5.95 Å². The molecule has 0 aliphatic heterocycles. The van der Waals surface area contributed by atoms with E-state index in [0.717, 1.165) is 17.7 Å². The van der Waals surface area contributed by atoms with Gasteiger partial charge < -0.3 is 10.5 Å². The molecule has 14 heavy (non-hydrogen) atoms. The maximum absolute atomic E-state index is 5.55. The molecule has 0 amide bonds. The van der Waals surface area contributed by atoms with Gasteiger partial charge in [0.1, 0.15) is 0 Å². The Morgan fingerprint density at radius 2 is 2.21 bits per heavy atom. The number of anilines is 1. The highest BCUT2D eigenvalue weighted by atomic mass is 16.5. The first-order valence-corrected chi connectivity index (χ1v) is 4.53. The number of rotatable bonds is 4. The molecule has 0 spiro atoms. The number of hydrogen-bond donors (Lipinski definition) is 1. The number of aryl methyl sites for hydroxylation is 1. The van der Waals surface area contributed by atoms with E-state index in [1.54, 1.807) is 13.2 Å². The quantitative estimate of drug-likeness (QED) is 0.733. The number of allylic oxidation sites excluding steroid dienone is 1. The van der Waals surface area contributed by atoms with Crippen LogP contribution in [-0.4, -0.2) is 17.1 Å². The summed E-state index contributed by atoms with van der Waals surface area (Å²) in [6.07, 6.45) is 3.31. The van der Waals surface area contributed by atoms with Crippen LogP contribution in [0.4, 0.5) is 5.95 Å². The van der Waals surface area contributed by atoms with Gasteiger partial charge in [-0.3, -0.25) is 0 Å². The van der Waals surface area contributed by atoms with Gasteiger partial charge in [-0.2, -0.15) is 4.98 Å². The minimum absolute atomic E-state index is 0.256. The fourth-order valence-electron chi connectivity index (χ4n) is 1.34. The van der Waals surface area contributed by atoms with Gasteiger partial charge >= 0.3 is 0 Å². The molecule has 1 aromatic rings. The molecule has 0 radical (unpaired) electrons. The second kappa shape index (κ2) is 4.60. The van der Waals surface area contributed by atoms with Crippen LogP contribution in [0, 0.1) is 0 Å². The molecule has 1 rings (SSSR count). The van der Waals surface area contributed by atoms with Crippen molar-refractivity contribution in [1.82, 2.24) is 9.97 Å². The lowest BCUT2D eigenvalue weighted by Gasteiger charge is -2.10.